The first-order valence-corrected chi connectivity index (χ1v) is 7.26. The van der Waals surface area contributed by atoms with Crippen LogP contribution >= 0.6 is 39.1 Å². The van der Waals surface area contributed by atoms with Gasteiger partial charge < -0.3 is 4.74 Å². The van der Waals surface area contributed by atoms with Gasteiger partial charge in [0.05, 0.1) is 0 Å². The molecule has 2 aromatic rings. The highest BCUT2D eigenvalue weighted by Gasteiger charge is 2.13. The molecule has 0 spiro atoms. The standard InChI is InChI=1S/C14H12BrCl2NO/c1-8-7-18-14(15)6-13(8)19-9(2)11-4-3-10(16)5-12(11)17/h3-7,9H,1-2H3/t9-/m1/s1. The molecule has 1 aromatic carbocycles. The third kappa shape index (κ3) is 3.62. The second-order valence-corrected chi connectivity index (χ2v) is 5.85. The molecule has 2 rings (SSSR count). The van der Waals surface area contributed by atoms with E-state index in [0.29, 0.717) is 10.0 Å². The van der Waals surface area contributed by atoms with Gasteiger partial charge in [-0.2, -0.15) is 0 Å². The minimum atomic E-state index is -0.169. The van der Waals surface area contributed by atoms with E-state index in [1.807, 2.05) is 26.0 Å². The molecule has 19 heavy (non-hydrogen) atoms. The van der Waals surface area contributed by atoms with Crippen molar-refractivity contribution in [3.63, 3.8) is 0 Å². The first-order chi connectivity index (χ1) is 8.97. The number of ether oxygens (including phenoxy) is 1. The number of hydrogen-bond acceptors (Lipinski definition) is 2. The molecule has 100 valence electrons. The van der Waals surface area contributed by atoms with Gasteiger partial charge in [-0.15, -0.1) is 0 Å². The van der Waals surface area contributed by atoms with Crippen molar-refractivity contribution in [2.24, 2.45) is 0 Å². The van der Waals surface area contributed by atoms with Gasteiger partial charge in [0.2, 0.25) is 0 Å². The van der Waals surface area contributed by atoms with Crippen LogP contribution in [0.5, 0.6) is 5.75 Å². The van der Waals surface area contributed by atoms with Gasteiger partial charge in [0.15, 0.2) is 0 Å². The monoisotopic (exact) mass is 359 g/mol. The van der Waals surface area contributed by atoms with Gasteiger partial charge in [-0.1, -0.05) is 29.3 Å². The molecule has 0 unspecified atom stereocenters. The molecule has 0 saturated carbocycles. The van der Waals surface area contributed by atoms with E-state index in [1.165, 1.54) is 0 Å². The number of aromatic nitrogens is 1. The van der Waals surface area contributed by atoms with Crippen LogP contribution in [0.1, 0.15) is 24.2 Å². The molecule has 5 heteroatoms. The molecule has 0 bridgehead atoms. The van der Waals surface area contributed by atoms with Crippen LogP contribution < -0.4 is 4.74 Å². The van der Waals surface area contributed by atoms with Gasteiger partial charge in [0.1, 0.15) is 16.5 Å². The van der Waals surface area contributed by atoms with Crippen molar-refractivity contribution >= 4 is 39.1 Å². The van der Waals surface area contributed by atoms with E-state index in [-0.39, 0.29) is 6.10 Å². The Hall–Kier alpha value is -0.770. The Morgan fingerprint density at radius 2 is 2.00 bits per heavy atom. The number of rotatable bonds is 3. The average Bonchev–Trinajstić information content (AvgIpc) is 2.33. The lowest BCUT2D eigenvalue weighted by atomic mass is 10.1. The molecule has 1 heterocycles. The molecule has 0 aliphatic carbocycles. The van der Waals surface area contributed by atoms with Crippen molar-refractivity contribution in [1.82, 2.24) is 4.98 Å². The second-order valence-electron chi connectivity index (χ2n) is 4.20. The topological polar surface area (TPSA) is 22.1 Å². The predicted octanol–water partition coefficient (Wildman–Crippen LogP) is 5.60. The van der Waals surface area contributed by atoms with Gasteiger partial charge in [-0.25, -0.2) is 4.98 Å². The summed E-state index contributed by atoms with van der Waals surface area (Å²) in [6, 6.07) is 7.24. The summed E-state index contributed by atoms with van der Waals surface area (Å²) >= 11 is 15.4. The number of aryl methyl sites for hydroxylation is 1. The maximum absolute atomic E-state index is 6.18. The summed E-state index contributed by atoms with van der Waals surface area (Å²) in [5.41, 5.74) is 1.87. The van der Waals surface area contributed by atoms with E-state index < -0.39 is 0 Å². The normalized spacial score (nSPS) is 12.3. The predicted molar refractivity (Wildman–Crippen MR) is 82.2 cm³/mol. The Balaban J connectivity index is 2.25. The number of hydrogen-bond donors (Lipinski definition) is 0. The van der Waals surface area contributed by atoms with Gasteiger partial charge in [-0.3, -0.25) is 0 Å². The molecule has 0 aliphatic heterocycles. The molecule has 0 aliphatic rings. The molecular formula is C14H12BrCl2NO. The van der Waals surface area contributed by atoms with Crippen molar-refractivity contribution in [2.75, 3.05) is 0 Å². The summed E-state index contributed by atoms with van der Waals surface area (Å²) < 4.78 is 6.67. The smallest absolute Gasteiger partial charge is 0.127 e. The highest BCUT2D eigenvalue weighted by atomic mass is 79.9. The molecule has 0 amide bonds. The fourth-order valence-corrected chi connectivity index (χ4v) is 2.57. The molecule has 0 N–H and O–H groups in total. The second kappa shape index (κ2) is 6.12. The number of pyridine rings is 1. The molecule has 0 radical (unpaired) electrons. The van der Waals surface area contributed by atoms with Gasteiger partial charge in [0, 0.05) is 33.4 Å². The third-order valence-electron chi connectivity index (χ3n) is 2.72. The maximum Gasteiger partial charge on any atom is 0.127 e. The summed E-state index contributed by atoms with van der Waals surface area (Å²) in [6.07, 6.45) is 1.59. The highest BCUT2D eigenvalue weighted by molar-refractivity contribution is 9.10. The fourth-order valence-electron chi connectivity index (χ4n) is 1.69. The third-order valence-corrected chi connectivity index (χ3v) is 3.72. The molecule has 2 nitrogen and oxygen atoms in total. The Labute approximate surface area is 130 Å². The molecule has 1 aromatic heterocycles. The highest BCUT2D eigenvalue weighted by Crippen LogP contribution is 2.31. The number of nitrogens with zero attached hydrogens (tertiary/aromatic N) is 1. The SMILES string of the molecule is Cc1cnc(Br)cc1O[C@H](C)c1ccc(Cl)cc1Cl. The Morgan fingerprint density at radius 3 is 2.68 bits per heavy atom. The molecule has 0 fully saturated rings. The van der Waals surface area contributed by atoms with Crippen LogP contribution in [0.2, 0.25) is 10.0 Å². The zero-order valence-corrected chi connectivity index (χ0v) is 13.6. The number of benzene rings is 1. The van der Waals surface area contributed by atoms with E-state index in [1.54, 1.807) is 18.3 Å². The van der Waals surface area contributed by atoms with Crippen LogP contribution in [0.25, 0.3) is 0 Å². The van der Waals surface area contributed by atoms with Crippen LogP contribution in [0.3, 0.4) is 0 Å². The van der Waals surface area contributed by atoms with Crippen LogP contribution in [0, 0.1) is 6.92 Å². The van der Waals surface area contributed by atoms with Crippen LogP contribution in [-0.4, -0.2) is 4.98 Å². The first kappa shape index (κ1) is 14.6. The van der Waals surface area contributed by atoms with Crippen LogP contribution in [0.15, 0.2) is 35.1 Å². The minimum absolute atomic E-state index is 0.169. The molecule has 1 atom stereocenters. The van der Waals surface area contributed by atoms with Gasteiger partial charge in [-0.05, 0) is 41.9 Å². The first-order valence-electron chi connectivity index (χ1n) is 5.71. The maximum atomic E-state index is 6.18. The van der Waals surface area contributed by atoms with Gasteiger partial charge >= 0.3 is 0 Å². The summed E-state index contributed by atoms with van der Waals surface area (Å²) in [7, 11) is 0. The minimum Gasteiger partial charge on any atom is -0.486 e. The summed E-state index contributed by atoms with van der Waals surface area (Å²) in [6.45, 7) is 3.90. The van der Waals surface area contributed by atoms with Crippen LogP contribution in [0.4, 0.5) is 0 Å². The Kier molecular flexibility index (Phi) is 4.71. The lowest BCUT2D eigenvalue weighted by Gasteiger charge is -2.18. The fraction of sp³-hybridized carbons (Fsp3) is 0.214. The van der Waals surface area contributed by atoms with E-state index >= 15 is 0 Å². The van der Waals surface area contributed by atoms with Crippen molar-refractivity contribution in [1.29, 1.82) is 0 Å². The Morgan fingerprint density at radius 1 is 1.26 bits per heavy atom. The summed E-state index contributed by atoms with van der Waals surface area (Å²) in [5, 5.41) is 1.22. The van der Waals surface area contributed by atoms with Gasteiger partial charge in [0.25, 0.3) is 0 Å². The van der Waals surface area contributed by atoms with E-state index in [2.05, 4.69) is 20.9 Å². The molecule has 0 saturated heterocycles. The van der Waals surface area contributed by atoms with Crippen molar-refractivity contribution in [2.45, 2.75) is 20.0 Å². The summed E-state index contributed by atoms with van der Waals surface area (Å²) in [4.78, 5) is 4.14. The quantitative estimate of drug-likeness (QED) is 0.664. The lowest BCUT2D eigenvalue weighted by Crippen LogP contribution is -2.05. The molecular weight excluding hydrogens is 349 g/mol. The Bertz CT molecular complexity index is 604. The zero-order valence-electron chi connectivity index (χ0n) is 10.5. The van der Waals surface area contributed by atoms with Crippen LogP contribution in [-0.2, 0) is 0 Å². The van der Waals surface area contributed by atoms with E-state index in [9.17, 15) is 0 Å². The van der Waals surface area contributed by atoms with Crippen molar-refractivity contribution < 1.29 is 4.74 Å². The van der Waals surface area contributed by atoms with E-state index in [4.69, 9.17) is 27.9 Å². The lowest BCUT2D eigenvalue weighted by molar-refractivity contribution is 0.225. The van der Waals surface area contributed by atoms with Crippen molar-refractivity contribution in [3.8, 4) is 5.75 Å². The summed E-state index contributed by atoms with van der Waals surface area (Å²) in [5.74, 6) is 0.778. The van der Waals surface area contributed by atoms with Crippen molar-refractivity contribution in [3.05, 3.63) is 56.2 Å². The largest absolute Gasteiger partial charge is 0.486 e. The zero-order chi connectivity index (χ0) is 14.0. The van der Waals surface area contributed by atoms with E-state index in [0.717, 1.165) is 21.5 Å². The number of halogens is 3. The average molecular weight is 361 g/mol.